The number of para-hydroxylation sites is 2. The molecule has 0 radical (unpaired) electrons. The zero-order valence-corrected chi connectivity index (χ0v) is 18.0. The van der Waals surface area contributed by atoms with E-state index in [4.69, 9.17) is 5.14 Å². The number of nitrogens with one attached hydrogen (secondary N) is 2. The number of H-pyrrole nitrogens is 1. The van der Waals surface area contributed by atoms with Gasteiger partial charge >= 0.3 is 0 Å². The van der Waals surface area contributed by atoms with Gasteiger partial charge in [-0.05, 0) is 35.4 Å². The monoisotopic (exact) mass is 452 g/mol. The summed E-state index contributed by atoms with van der Waals surface area (Å²) in [5, 5.41) is 8.20. The number of carbonyl (C=O) groups excluding carboxylic acids is 1. The molecule has 0 unspecified atom stereocenters. The number of benzene rings is 3. The molecule has 9 heteroatoms. The van der Waals surface area contributed by atoms with Gasteiger partial charge < -0.3 is 10.3 Å². The van der Waals surface area contributed by atoms with Gasteiger partial charge in [-0.15, -0.1) is 0 Å². The predicted octanol–water partition coefficient (Wildman–Crippen LogP) is 3.36. The Morgan fingerprint density at radius 2 is 1.68 bits per heavy atom. The summed E-state index contributed by atoms with van der Waals surface area (Å²) in [5.41, 5.74) is 3.37. The zero-order chi connectivity index (χ0) is 21.8. The lowest BCUT2D eigenvalue weighted by Gasteiger charge is -2.16. The van der Waals surface area contributed by atoms with Crippen LogP contribution in [0, 0.1) is 0 Å². The van der Waals surface area contributed by atoms with Crippen molar-refractivity contribution in [2.24, 2.45) is 5.14 Å². The van der Waals surface area contributed by atoms with E-state index in [1.807, 2.05) is 54.6 Å². The van der Waals surface area contributed by atoms with Crippen LogP contribution < -0.4 is 10.5 Å². The number of aromatic nitrogens is 2. The van der Waals surface area contributed by atoms with Crippen LogP contribution in [0.25, 0.3) is 11.0 Å². The lowest BCUT2D eigenvalue weighted by atomic mass is 10.1. The molecule has 0 bridgehead atoms. The lowest BCUT2D eigenvalue weighted by Crippen LogP contribution is -2.27. The normalized spacial score (nSPS) is 12.5. The number of hydrogen-bond acceptors (Lipinski definition) is 5. The molecule has 1 heterocycles. The van der Waals surface area contributed by atoms with Gasteiger partial charge in [-0.1, -0.05) is 66.4 Å². The van der Waals surface area contributed by atoms with Gasteiger partial charge in [0.2, 0.25) is 15.9 Å². The SMILES string of the molecule is NS(=O)(=O)c1ccc(CNC(=O)[C@H](Sc2nc3ccccc3[nH]2)c2ccccc2)cc1. The zero-order valence-electron chi connectivity index (χ0n) is 16.4. The van der Waals surface area contributed by atoms with Crippen LogP contribution in [0.5, 0.6) is 0 Å². The van der Waals surface area contributed by atoms with Gasteiger partial charge in [0, 0.05) is 6.54 Å². The molecule has 0 aliphatic heterocycles. The number of imidazole rings is 1. The van der Waals surface area contributed by atoms with Gasteiger partial charge in [-0.3, -0.25) is 4.79 Å². The number of aromatic amines is 1. The molecule has 0 saturated carbocycles. The maximum atomic E-state index is 13.1. The molecular formula is C22H20N4O3S2. The van der Waals surface area contributed by atoms with Crippen molar-refractivity contribution in [2.45, 2.75) is 21.8 Å². The van der Waals surface area contributed by atoms with Crippen molar-refractivity contribution >= 4 is 38.7 Å². The Balaban J connectivity index is 1.51. The van der Waals surface area contributed by atoms with E-state index in [0.717, 1.165) is 22.2 Å². The standard InChI is InChI=1S/C22H20N4O3S2/c23-31(28,29)17-12-10-15(11-13-17)14-24-21(27)20(16-6-2-1-3-7-16)30-22-25-18-8-4-5-9-19(18)26-22/h1-13,20H,14H2,(H,24,27)(H,25,26)(H2,23,28,29)/t20-/m1/s1. The minimum atomic E-state index is -3.75. The average Bonchev–Trinajstić information content (AvgIpc) is 3.19. The third-order valence-corrected chi connectivity index (χ3v) is 6.72. The highest BCUT2D eigenvalue weighted by Gasteiger charge is 2.23. The minimum Gasteiger partial charge on any atom is -0.351 e. The molecule has 4 rings (SSSR count). The van der Waals surface area contributed by atoms with Gasteiger partial charge in [-0.25, -0.2) is 18.5 Å². The van der Waals surface area contributed by atoms with E-state index in [-0.39, 0.29) is 17.3 Å². The lowest BCUT2D eigenvalue weighted by molar-refractivity contribution is -0.120. The van der Waals surface area contributed by atoms with Crippen molar-refractivity contribution in [1.29, 1.82) is 0 Å². The number of thioether (sulfide) groups is 1. The van der Waals surface area contributed by atoms with Crippen molar-refractivity contribution in [3.8, 4) is 0 Å². The Morgan fingerprint density at radius 1 is 1.00 bits per heavy atom. The Labute approximate surface area is 184 Å². The van der Waals surface area contributed by atoms with Crippen molar-refractivity contribution in [3.63, 3.8) is 0 Å². The summed E-state index contributed by atoms with van der Waals surface area (Å²) in [6.45, 7) is 0.258. The molecule has 3 aromatic carbocycles. The fourth-order valence-corrected chi connectivity index (χ4v) is 4.62. The van der Waals surface area contributed by atoms with E-state index in [1.165, 1.54) is 23.9 Å². The molecule has 0 spiro atoms. The first-order valence-electron chi connectivity index (χ1n) is 9.46. The molecule has 158 valence electrons. The fourth-order valence-electron chi connectivity index (χ4n) is 3.08. The van der Waals surface area contributed by atoms with E-state index in [2.05, 4.69) is 15.3 Å². The third-order valence-electron chi connectivity index (χ3n) is 4.66. The number of carbonyl (C=O) groups is 1. The van der Waals surface area contributed by atoms with Crippen LogP contribution in [0.3, 0.4) is 0 Å². The van der Waals surface area contributed by atoms with Gasteiger partial charge in [0.05, 0.1) is 15.9 Å². The van der Waals surface area contributed by atoms with Crippen molar-refractivity contribution < 1.29 is 13.2 Å². The number of sulfonamides is 1. The van der Waals surface area contributed by atoms with Crippen molar-refractivity contribution in [3.05, 3.63) is 90.0 Å². The summed E-state index contributed by atoms with van der Waals surface area (Å²) in [6.07, 6.45) is 0. The molecule has 4 N–H and O–H groups in total. The van der Waals surface area contributed by atoms with Crippen LogP contribution in [-0.2, 0) is 21.4 Å². The van der Waals surface area contributed by atoms with Crippen LogP contribution in [-0.4, -0.2) is 24.3 Å². The summed E-state index contributed by atoms with van der Waals surface area (Å²) in [4.78, 5) is 20.9. The summed E-state index contributed by atoms with van der Waals surface area (Å²) < 4.78 is 22.8. The quantitative estimate of drug-likeness (QED) is 0.372. The Bertz CT molecular complexity index is 1270. The third kappa shape index (κ3) is 5.13. The number of primary sulfonamides is 1. The average molecular weight is 453 g/mol. The molecule has 1 amide bonds. The van der Waals surface area contributed by atoms with Crippen LogP contribution >= 0.6 is 11.8 Å². The molecule has 4 aromatic rings. The van der Waals surface area contributed by atoms with Crippen LogP contribution in [0.1, 0.15) is 16.4 Å². The first kappa shape index (κ1) is 21.1. The highest BCUT2D eigenvalue weighted by Crippen LogP contribution is 2.34. The van der Waals surface area contributed by atoms with E-state index in [1.54, 1.807) is 12.1 Å². The maximum Gasteiger partial charge on any atom is 0.238 e. The number of fused-ring (bicyclic) bond motifs is 1. The predicted molar refractivity (Wildman–Crippen MR) is 121 cm³/mol. The van der Waals surface area contributed by atoms with Crippen molar-refractivity contribution in [1.82, 2.24) is 15.3 Å². The van der Waals surface area contributed by atoms with Crippen LogP contribution in [0.15, 0.2) is 88.9 Å². The molecule has 1 aromatic heterocycles. The molecule has 0 saturated heterocycles. The Hall–Kier alpha value is -3.14. The minimum absolute atomic E-state index is 0.0326. The molecule has 7 nitrogen and oxygen atoms in total. The molecular weight excluding hydrogens is 432 g/mol. The number of hydrogen-bond donors (Lipinski definition) is 3. The second kappa shape index (κ2) is 8.93. The first-order chi connectivity index (χ1) is 14.9. The van der Waals surface area contributed by atoms with Gasteiger partial charge in [0.25, 0.3) is 0 Å². The summed E-state index contributed by atoms with van der Waals surface area (Å²) in [6, 6.07) is 23.3. The highest BCUT2D eigenvalue weighted by atomic mass is 32.2. The van der Waals surface area contributed by atoms with Gasteiger partial charge in [0.15, 0.2) is 5.16 Å². The Kier molecular flexibility index (Phi) is 6.08. The second-order valence-corrected chi connectivity index (χ2v) is 9.53. The van der Waals surface area contributed by atoms with Crippen LogP contribution in [0.2, 0.25) is 0 Å². The van der Waals surface area contributed by atoms with E-state index in [0.29, 0.717) is 5.16 Å². The van der Waals surface area contributed by atoms with E-state index in [9.17, 15) is 13.2 Å². The highest BCUT2D eigenvalue weighted by molar-refractivity contribution is 8.00. The van der Waals surface area contributed by atoms with Crippen LogP contribution in [0.4, 0.5) is 0 Å². The number of nitrogens with zero attached hydrogens (tertiary/aromatic N) is 1. The molecule has 1 atom stereocenters. The smallest absolute Gasteiger partial charge is 0.238 e. The van der Waals surface area contributed by atoms with Gasteiger partial charge in [0.1, 0.15) is 5.25 Å². The van der Waals surface area contributed by atoms with E-state index >= 15 is 0 Å². The molecule has 0 fully saturated rings. The largest absolute Gasteiger partial charge is 0.351 e. The summed E-state index contributed by atoms with van der Waals surface area (Å²) in [7, 11) is -3.75. The fraction of sp³-hybridized carbons (Fsp3) is 0.0909. The number of nitrogens with two attached hydrogens (primary N) is 1. The summed E-state index contributed by atoms with van der Waals surface area (Å²) in [5.74, 6) is -0.174. The number of amides is 1. The van der Waals surface area contributed by atoms with Gasteiger partial charge in [-0.2, -0.15) is 0 Å². The van der Waals surface area contributed by atoms with Crippen molar-refractivity contribution in [2.75, 3.05) is 0 Å². The summed E-state index contributed by atoms with van der Waals surface area (Å²) >= 11 is 1.34. The topological polar surface area (TPSA) is 118 Å². The Morgan fingerprint density at radius 3 is 2.35 bits per heavy atom. The number of rotatable bonds is 7. The second-order valence-electron chi connectivity index (χ2n) is 6.87. The maximum absolute atomic E-state index is 13.1. The molecule has 0 aliphatic carbocycles. The molecule has 31 heavy (non-hydrogen) atoms. The first-order valence-corrected chi connectivity index (χ1v) is 11.9. The van der Waals surface area contributed by atoms with E-state index < -0.39 is 15.3 Å². The molecule has 0 aliphatic rings.